The summed E-state index contributed by atoms with van der Waals surface area (Å²) in [6, 6.07) is 1.93. The minimum absolute atomic E-state index is 0.799. The van der Waals surface area contributed by atoms with Crippen molar-refractivity contribution in [2.45, 2.75) is 34.6 Å². The van der Waals surface area contributed by atoms with Gasteiger partial charge in [0.1, 0.15) is 11.5 Å². The van der Waals surface area contributed by atoms with E-state index >= 15 is 0 Å². The molecule has 1 heterocycles. The van der Waals surface area contributed by atoms with Crippen LogP contribution in [0.25, 0.3) is 12.2 Å². The molecular formula is C13H22O. The van der Waals surface area contributed by atoms with Crippen molar-refractivity contribution >= 4 is 12.2 Å². The van der Waals surface area contributed by atoms with Crippen LogP contribution in [0.4, 0.5) is 0 Å². The Bertz CT molecular complexity index is 231. The molecule has 0 unspecified atom stereocenters. The second-order valence-electron chi connectivity index (χ2n) is 2.08. The third-order valence-corrected chi connectivity index (χ3v) is 1.32. The fourth-order valence-corrected chi connectivity index (χ4v) is 0.871. The summed E-state index contributed by atoms with van der Waals surface area (Å²) in [6.07, 6.45) is 3.44. The Kier molecular flexibility index (Phi) is 10.7. The maximum Gasteiger partial charge on any atom is 0.133 e. The van der Waals surface area contributed by atoms with Crippen molar-refractivity contribution in [3.63, 3.8) is 0 Å². The summed E-state index contributed by atoms with van der Waals surface area (Å²) < 4.78 is 5.27. The highest BCUT2D eigenvalue weighted by Gasteiger charge is 1.99. The van der Waals surface area contributed by atoms with Crippen molar-refractivity contribution in [3.8, 4) is 0 Å². The van der Waals surface area contributed by atoms with Gasteiger partial charge in [0.05, 0.1) is 0 Å². The molecule has 1 aromatic rings. The lowest BCUT2D eigenvalue weighted by molar-refractivity contribution is 0.524. The maximum absolute atomic E-state index is 5.27. The Balaban J connectivity index is 0. The number of aryl methyl sites for hydroxylation is 1. The van der Waals surface area contributed by atoms with E-state index in [1.165, 1.54) is 0 Å². The van der Waals surface area contributed by atoms with Crippen molar-refractivity contribution in [1.29, 1.82) is 0 Å². The molecule has 0 radical (unpaired) electrons. The normalized spacial score (nSPS) is 7.50. The molecule has 0 spiro atoms. The molecule has 0 aliphatic carbocycles. The second-order valence-corrected chi connectivity index (χ2v) is 2.08. The number of rotatable bonds is 2. The first-order valence-electron chi connectivity index (χ1n) is 5.13. The van der Waals surface area contributed by atoms with E-state index in [9.17, 15) is 0 Å². The zero-order chi connectivity index (χ0) is 11.6. The van der Waals surface area contributed by atoms with Gasteiger partial charge in [-0.3, -0.25) is 0 Å². The zero-order valence-electron chi connectivity index (χ0n) is 10.1. The fraction of sp³-hybridized carbons (Fsp3) is 0.385. The highest BCUT2D eigenvalue weighted by atomic mass is 16.3. The molecule has 1 rings (SSSR count). The number of furan rings is 1. The standard InChI is InChI=1S/C9H10O.2C2H6/c1-4-8-6-7(3)10-9(8)5-2;2*1-2/h4-6H,1-2H2,3H3;2*1-2H3. The van der Waals surface area contributed by atoms with E-state index in [-0.39, 0.29) is 0 Å². The van der Waals surface area contributed by atoms with Crippen LogP contribution in [-0.4, -0.2) is 0 Å². The molecular weight excluding hydrogens is 172 g/mol. The lowest BCUT2D eigenvalue weighted by Crippen LogP contribution is -1.66. The van der Waals surface area contributed by atoms with Crippen LogP contribution in [0, 0.1) is 6.92 Å². The van der Waals surface area contributed by atoms with Gasteiger partial charge in [-0.2, -0.15) is 0 Å². The van der Waals surface area contributed by atoms with Crippen LogP contribution in [0.3, 0.4) is 0 Å². The van der Waals surface area contributed by atoms with Crippen LogP contribution in [0.1, 0.15) is 44.8 Å². The zero-order valence-corrected chi connectivity index (χ0v) is 10.1. The molecule has 0 N–H and O–H groups in total. The summed E-state index contributed by atoms with van der Waals surface area (Å²) in [5.41, 5.74) is 1.01. The van der Waals surface area contributed by atoms with E-state index in [0.717, 1.165) is 17.1 Å². The Morgan fingerprint density at radius 1 is 1.07 bits per heavy atom. The van der Waals surface area contributed by atoms with Gasteiger partial charge in [-0.05, 0) is 19.1 Å². The quantitative estimate of drug-likeness (QED) is 0.650. The van der Waals surface area contributed by atoms with Gasteiger partial charge in [0, 0.05) is 5.56 Å². The Morgan fingerprint density at radius 2 is 1.57 bits per heavy atom. The lowest BCUT2D eigenvalue weighted by Gasteiger charge is -1.84. The summed E-state index contributed by atoms with van der Waals surface area (Å²) in [7, 11) is 0. The average Bonchev–Trinajstić information content (AvgIpc) is 2.64. The van der Waals surface area contributed by atoms with Crippen LogP contribution in [-0.2, 0) is 0 Å². The van der Waals surface area contributed by atoms with E-state index in [1.807, 2.05) is 40.7 Å². The smallest absolute Gasteiger partial charge is 0.133 e. The minimum Gasteiger partial charge on any atom is -0.461 e. The van der Waals surface area contributed by atoms with Gasteiger partial charge in [0.15, 0.2) is 0 Å². The molecule has 0 amide bonds. The van der Waals surface area contributed by atoms with Crippen LogP contribution in [0.2, 0.25) is 0 Å². The van der Waals surface area contributed by atoms with Gasteiger partial charge in [0.2, 0.25) is 0 Å². The van der Waals surface area contributed by atoms with E-state index in [0.29, 0.717) is 0 Å². The van der Waals surface area contributed by atoms with Gasteiger partial charge in [0.25, 0.3) is 0 Å². The maximum atomic E-state index is 5.27. The predicted molar refractivity (Wildman–Crippen MR) is 66.3 cm³/mol. The van der Waals surface area contributed by atoms with Gasteiger partial charge >= 0.3 is 0 Å². The highest BCUT2D eigenvalue weighted by Crippen LogP contribution is 2.16. The van der Waals surface area contributed by atoms with Gasteiger partial charge < -0.3 is 4.42 Å². The summed E-state index contributed by atoms with van der Waals surface area (Å²) in [4.78, 5) is 0. The van der Waals surface area contributed by atoms with E-state index in [4.69, 9.17) is 4.42 Å². The molecule has 0 aliphatic heterocycles. The molecule has 0 aliphatic rings. The molecule has 0 bridgehead atoms. The molecule has 0 saturated carbocycles. The summed E-state index contributed by atoms with van der Waals surface area (Å²) >= 11 is 0. The van der Waals surface area contributed by atoms with Crippen molar-refractivity contribution in [2.75, 3.05) is 0 Å². The minimum atomic E-state index is 0.799. The van der Waals surface area contributed by atoms with E-state index in [1.54, 1.807) is 12.2 Å². The molecule has 0 aromatic carbocycles. The highest BCUT2D eigenvalue weighted by molar-refractivity contribution is 5.59. The van der Waals surface area contributed by atoms with E-state index < -0.39 is 0 Å². The molecule has 0 atom stereocenters. The number of hydrogen-bond donors (Lipinski definition) is 0. The lowest BCUT2D eigenvalue weighted by atomic mass is 10.2. The second kappa shape index (κ2) is 9.85. The molecule has 0 saturated heterocycles. The third-order valence-electron chi connectivity index (χ3n) is 1.32. The van der Waals surface area contributed by atoms with Crippen LogP contribution >= 0.6 is 0 Å². The van der Waals surface area contributed by atoms with Crippen LogP contribution < -0.4 is 0 Å². The third kappa shape index (κ3) is 4.70. The van der Waals surface area contributed by atoms with Crippen molar-refractivity contribution in [1.82, 2.24) is 0 Å². The summed E-state index contributed by atoms with van der Waals surface area (Å²) in [6.45, 7) is 17.2. The van der Waals surface area contributed by atoms with Gasteiger partial charge in [-0.1, -0.05) is 46.9 Å². The molecule has 14 heavy (non-hydrogen) atoms. The molecule has 80 valence electrons. The van der Waals surface area contributed by atoms with Gasteiger partial charge in [-0.15, -0.1) is 0 Å². The molecule has 1 heteroatoms. The SMILES string of the molecule is C=Cc1cc(C)oc1C=C.CC.CC. The molecule has 1 aromatic heterocycles. The summed E-state index contributed by atoms with van der Waals surface area (Å²) in [5.74, 6) is 1.69. The first-order chi connectivity index (χ1) is 6.77. The Labute approximate surface area is 88.1 Å². The monoisotopic (exact) mass is 194 g/mol. The summed E-state index contributed by atoms with van der Waals surface area (Å²) in [5, 5.41) is 0. The van der Waals surface area contributed by atoms with Crippen LogP contribution in [0.5, 0.6) is 0 Å². The van der Waals surface area contributed by atoms with Crippen LogP contribution in [0.15, 0.2) is 23.6 Å². The van der Waals surface area contributed by atoms with E-state index in [2.05, 4.69) is 13.2 Å². The van der Waals surface area contributed by atoms with Crippen molar-refractivity contribution in [2.24, 2.45) is 0 Å². The largest absolute Gasteiger partial charge is 0.461 e. The Morgan fingerprint density at radius 3 is 1.86 bits per heavy atom. The predicted octanol–water partition coefficient (Wildman–Crippen LogP) is 4.93. The van der Waals surface area contributed by atoms with Crippen molar-refractivity contribution < 1.29 is 4.42 Å². The number of hydrogen-bond acceptors (Lipinski definition) is 1. The average molecular weight is 194 g/mol. The fourth-order valence-electron chi connectivity index (χ4n) is 0.871. The van der Waals surface area contributed by atoms with Crippen molar-refractivity contribution in [3.05, 3.63) is 36.3 Å². The van der Waals surface area contributed by atoms with Gasteiger partial charge in [-0.25, -0.2) is 0 Å². The Hall–Kier alpha value is -1.24. The first kappa shape index (κ1) is 15.2. The molecule has 0 fully saturated rings. The molecule has 1 nitrogen and oxygen atoms in total. The topological polar surface area (TPSA) is 13.1 Å². The first-order valence-corrected chi connectivity index (χ1v) is 5.13.